The highest BCUT2D eigenvalue weighted by Gasteiger charge is 2.28. The van der Waals surface area contributed by atoms with E-state index in [-0.39, 0.29) is 35.1 Å². The highest BCUT2D eigenvalue weighted by atomic mass is 32.2. The van der Waals surface area contributed by atoms with Gasteiger partial charge in [-0.15, -0.1) is 0 Å². The van der Waals surface area contributed by atoms with E-state index < -0.39 is 9.84 Å². The summed E-state index contributed by atoms with van der Waals surface area (Å²) in [7, 11) is -1.38. The molecule has 1 aromatic carbocycles. The summed E-state index contributed by atoms with van der Waals surface area (Å²) >= 11 is 0. The third-order valence-corrected chi connectivity index (χ3v) is 6.09. The molecule has 3 rings (SSSR count). The van der Waals surface area contributed by atoms with Crippen LogP contribution in [-0.2, 0) is 16.3 Å². The van der Waals surface area contributed by atoms with Gasteiger partial charge in [-0.1, -0.05) is 18.2 Å². The van der Waals surface area contributed by atoms with Gasteiger partial charge in [-0.05, 0) is 30.5 Å². The number of benzene rings is 1. The Balaban J connectivity index is 1.55. The van der Waals surface area contributed by atoms with Gasteiger partial charge in [0.2, 0.25) is 5.95 Å². The fourth-order valence-corrected chi connectivity index (χ4v) is 4.63. The van der Waals surface area contributed by atoms with Crippen molar-refractivity contribution in [3.8, 4) is 5.75 Å². The van der Waals surface area contributed by atoms with Crippen molar-refractivity contribution >= 4 is 21.7 Å². The zero-order chi connectivity index (χ0) is 19.3. The number of sulfone groups is 1. The maximum Gasteiger partial charge on any atom is 0.270 e. The Hall–Kier alpha value is -2.68. The molecule has 0 spiro atoms. The molecule has 2 N–H and O–H groups in total. The molecule has 2 aromatic rings. The minimum absolute atomic E-state index is 0.0612. The summed E-state index contributed by atoms with van der Waals surface area (Å²) in [4.78, 5) is 20.6. The van der Waals surface area contributed by atoms with Gasteiger partial charge >= 0.3 is 0 Å². The molecule has 1 aromatic heterocycles. The van der Waals surface area contributed by atoms with Crippen molar-refractivity contribution in [2.45, 2.75) is 18.9 Å². The lowest BCUT2D eigenvalue weighted by atomic mass is 10.1. The van der Waals surface area contributed by atoms with Crippen LogP contribution < -0.4 is 15.4 Å². The number of carbonyl (C=O) groups is 1. The quantitative estimate of drug-likeness (QED) is 0.727. The number of hydrogen-bond donors (Lipinski definition) is 2. The maximum absolute atomic E-state index is 12.3. The van der Waals surface area contributed by atoms with Crippen molar-refractivity contribution in [3.63, 3.8) is 0 Å². The minimum Gasteiger partial charge on any atom is -0.496 e. The molecule has 1 aliphatic heterocycles. The van der Waals surface area contributed by atoms with Gasteiger partial charge in [-0.25, -0.2) is 18.4 Å². The van der Waals surface area contributed by atoms with Crippen LogP contribution in [0, 0.1) is 0 Å². The molecule has 0 saturated carbocycles. The number of nitrogens with one attached hydrogen (secondary N) is 2. The van der Waals surface area contributed by atoms with Gasteiger partial charge in [0, 0.05) is 18.8 Å². The number of nitrogens with zero attached hydrogens (tertiary/aromatic N) is 2. The summed E-state index contributed by atoms with van der Waals surface area (Å²) in [6.07, 6.45) is 2.63. The number of aromatic nitrogens is 2. The van der Waals surface area contributed by atoms with Crippen LogP contribution in [0.3, 0.4) is 0 Å². The lowest BCUT2D eigenvalue weighted by molar-refractivity contribution is 0.0949. The SMILES string of the molecule is COc1ccccc1CCNC(=O)c1ccnc(NC2CCS(=O)(=O)C2)n1. The fraction of sp³-hybridized carbons (Fsp3) is 0.389. The van der Waals surface area contributed by atoms with E-state index in [1.165, 1.54) is 12.3 Å². The van der Waals surface area contributed by atoms with E-state index in [9.17, 15) is 13.2 Å². The Morgan fingerprint density at radius 1 is 1.30 bits per heavy atom. The van der Waals surface area contributed by atoms with Crippen molar-refractivity contribution in [2.75, 3.05) is 30.5 Å². The molecule has 1 amide bonds. The molecule has 1 aliphatic rings. The van der Waals surface area contributed by atoms with Gasteiger partial charge in [0.1, 0.15) is 11.4 Å². The van der Waals surface area contributed by atoms with Crippen molar-refractivity contribution in [3.05, 3.63) is 47.8 Å². The normalized spacial score (nSPS) is 18.0. The zero-order valence-corrected chi connectivity index (χ0v) is 15.8. The molecule has 1 saturated heterocycles. The standard InChI is InChI=1S/C18H22N4O4S/c1-26-16-5-3-2-4-13(16)6-9-19-17(23)15-7-10-20-18(22-15)21-14-8-11-27(24,25)12-14/h2-5,7,10,14H,6,8-9,11-12H2,1H3,(H,19,23)(H,20,21,22). The summed E-state index contributed by atoms with van der Waals surface area (Å²) in [6.45, 7) is 0.437. The summed E-state index contributed by atoms with van der Waals surface area (Å²) in [5.74, 6) is 0.954. The van der Waals surface area contributed by atoms with E-state index in [4.69, 9.17) is 4.74 Å². The summed E-state index contributed by atoms with van der Waals surface area (Å²) in [5.41, 5.74) is 1.24. The summed E-state index contributed by atoms with van der Waals surface area (Å²) in [5, 5.41) is 5.82. The van der Waals surface area contributed by atoms with Gasteiger partial charge in [-0.3, -0.25) is 4.79 Å². The highest BCUT2D eigenvalue weighted by Crippen LogP contribution is 2.17. The predicted molar refractivity (Wildman–Crippen MR) is 102 cm³/mol. The van der Waals surface area contributed by atoms with Crippen LogP contribution in [0.5, 0.6) is 5.75 Å². The smallest absolute Gasteiger partial charge is 0.270 e. The van der Waals surface area contributed by atoms with Crippen molar-refractivity contribution < 1.29 is 17.9 Å². The van der Waals surface area contributed by atoms with Gasteiger partial charge in [0.05, 0.1) is 18.6 Å². The number of methoxy groups -OCH3 is 1. The molecule has 27 heavy (non-hydrogen) atoms. The van der Waals surface area contributed by atoms with Crippen molar-refractivity contribution in [1.29, 1.82) is 0 Å². The first-order valence-corrected chi connectivity index (χ1v) is 10.5. The molecular formula is C18H22N4O4S. The second-order valence-electron chi connectivity index (χ2n) is 6.33. The largest absolute Gasteiger partial charge is 0.496 e. The highest BCUT2D eigenvalue weighted by molar-refractivity contribution is 7.91. The maximum atomic E-state index is 12.3. The van der Waals surface area contributed by atoms with E-state index in [0.29, 0.717) is 19.4 Å². The summed E-state index contributed by atoms with van der Waals surface area (Å²) in [6, 6.07) is 8.95. The molecule has 1 unspecified atom stereocenters. The van der Waals surface area contributed by atoms with Crippen LogP contribution in [0.1, 0.15) is 22.5 Å². The average molecular weight is 390 g/mol. The van der Waals surface area contributed by atoms with Crippen LogP contribution in [0.4, 0.5) is 5.95 Å². The number of para-hydroxylation sites is 1. The molecular weight excluding hydrogens is 368 g/mol. The van der Waals surface area contributed by atoms with Crippen LogP contribution >= 0.6 is 0 Å². The topological polar surface area (TPSA) is 110 Å². The Morgan fingerprint density at radius 3 is 2.85 bits per heavy atom. The molecule has 1 fully saturated rings. The van der Waals surface area contributed by atoms with E-state index in [2.05, 4.69) is 20.6 Å². The van der Waals surface area contributed by atoms with Crippen molar-refractivity contribution in [1.82, 2.24) is 15.3 Å². The number of rotatable bonds is 7. The third-order valence-electron chi connectivity index (χ3n) is 4.33. The van der Waals surface area contributed by atoms with Crippen LogP contribution in [-0.4, -0.2) is 55.5 Å². The lowest BCUT2D eigenvalue weighted by Gasteiger charge is -2.11. The predicted octanol–water partition coefficient (Wildman–Crippen LogP) is 1.06. The van der Waals surface area contributed by atoms with Gasteiger partial charge in [0.15, 0.2) is 9.84 Å². The Bertz CT molecular complexity index is 917. The third kappa shape index (κ3) is 5.16. The van der Waals surface area contributed by atoms with Gasteiger partial charge < -0.3 is 15.4 Å². The zero-order valence-electron chi connectivity index (χ0n) is 15.0. The van der Waals surface area contributed by atoms with E-state index in [1.807, 2.05) is 24.3 Å². The molecule has 9 heteroatoms. The second kappa shape index (κ2) is 8.34. The first-order valence-electron chi connectivity index (χ1n) is 8.67. The minimum atomic E-state index is -2.99. The molecule has 2 heterocycles. The molecule has 144 valence electrons. The monoisotopic (exact) mass is 390 g/mol. The first-order chi connectivity index (χ1) is 13.0. The average Bonchev–Trinajstić information content (AvgIpc) is 3.00. The second-order valence-corrected chi connectivity index (χ2v) is 8.56. The molecule has 0 radical (unpaired) electrons. The number of amides is 1. The van der Waals surface area contributed by atoms with Gasteiger partial charge in [-0.2, -0.15) is 0 Å². The van der Waals surface area contributed by atoms with E-state index in [1.54, 1.807) is 7.11 Å². The summed E-state index contributed by atoms with van der Waals surface area (Å²) < 4.78 is 28.4. The Labute approximate surface area is 158 Å². The van der Waals surface area contributed by atoms with E-state index >= 15 is 0 Å². The molecule has 8 nitrogen and oxygen atoms in total. The molecule has 1 atom stereocenters. The number of anilines is 1. The Morgan fingerprint density at radius 2 is 2.11 bits per heavy atom. The van der Waals surface area contributed by atoms with E-state index in [0.717, 1.165) is 11.3 Å². The van der Waals surface area contributed by atoms with Gasteiger partial charge in [0.25, 0.3) is 5.91 Å². The molecule has 0 aliphatic carbocycles. The number of carbonyl (C=O) groups excluding carboxylic acids is 1. The number of hydrogen-bond acceptors (Lipinski definition) is 7. The first kappa shape index (κ1) is 19.1. The lowest BCUT2D eigenvalue weighted by Crippen LogP contribution is -2.28. The number of ether oxygens (including phenoxy) is 1. The van der Waals surface area contributed by atoms with Crippen molar-refractivity contribution in [2.24, 2.45) is 0 Å². The molecule has 0 bridgehead atoms. The fourth-order valence-electron chi connectivity index (χ4n) is 2.96. The van der Waals surface area contributed by atoms with Crippen LogP contribution in [0.2, 0.25) is 0 Å². The Kier molecular flexibility index (Phi) is 5.90. The van der Waals surface area contributed by atoms with Crippen LogP contribution in [0.25, 0.3) is 0 Å². The van der Waals surface area contributed by atoms with Crippen LogP contribution in [0.15, 0.2) is 36.5 Å².